The molecule has 0 aromatic heterocycles. The third-order valence-electron chi connectivity index (χ3n) is 3.62. The summed E-state index contributed by atoms with van der Waals surface area (Å²) in [4.78, 5) is 0. The molecule has 0 fully saturated rings. The molecule has 0 heterocycles. The maximum absolute atomic E-state index is 9.31. The molecule has 0 amide bonds. The molecule has 2 aromatic rings. The first kappa shape index (κ1) is 15.4. The number of hydrogen-bond donors (Lipinski definition) is 2. The normalized spacial score (nSPS) is 13.7. The van der Waals surface area contributed by atoms with Gasteiger partial charge in [-0.15, -0.1) is 0 Å². The van der Waals surface area contributed by atoms with E-state index in [0.29, 0.717) is 11.8 Å². The summed E-state index contributed by atoms with van der Waals surface area (Å²) in [6.45, 7) is 4.31. The van der Waals surface area contributed by atoms with Gasteiger partial charge in [0, 0.05) is 17.6 Å². The fraction of sp³-hybridized carbons (Fsp3) is 0.333. The minimum absolute atomic E-state index is 0.216. The van der Waals surface area contributed by atoms with Crippen LogP contribution in [0.3, 0.4) is 0 Å². The van der Waals surface area contributed by atoms with Gasteiger partial charge < -0.3 is 15.2 Å². The fourth-order valence-corrected chi connectivity index (χ4v) is 2.59. The van der Waals surface area contributed by atoms with Gasteiger partial charge in [-0.25, -0.2) is 0 Å². The third-order valence-corrected chi connectivity index (χ3v) is 3.62. The summed E-state index contributed by atoms with van der Waals surface area (Å²) >= 11 is 0. The van der Waals surface area contributed by atoms with Crippen molar-refractivity contribution in [2.75, 3.05) is 7.11 Å². The number of nitrogens with one attached hydrogen (secondary N) is 1. The molecule has 0 saturated carbocycles. The fourth-order valence-electron chi connectivity index (χ4n) is 2.59. The Bertz CT molecular complexity index is 566. The molecule has 3 nitrogen and oxygen atoms in total. The van der Waals surface area contributed by atoms with Gasteiger partial charge in [-0.3, -0.25) is 0 Å². The molecule has 112 valence electrons. The molecular weight excluding hydrogens is 262 g/mol. The lowest BCUT2D eigenvalue weighted by molar-refractivity contribution is 0.395. The van der Waals surface area contributed by atoms with Crippen LogP contribution in [0.2, 0.25) is 0 Å². The Morgan fingerprint density at radius 2 is 1.71 bits per heavy atom. The highest BCUT2D eigenvalue weighted by Crippen LogP contribution is 2.25. The summed E-state index contributed by atoms with van der Waals surface area (Å²) < 4.78 is 5.41. The number of phenols is 1. The van der Waals surface area contributed by atoms with Crippen molar-refractivity contribution in [2.45, 2.75) is 32.4 Å². The van der Waals surface area contributed by atoms with Crippen molar-refractivity contribution in [3.05, 3.63) is 59.7 Å². The van der Waals surface area contributed by atoms with Crippen molar-refractivity contribution in [1.82, 2.24) is 5.32 Å². The Hall–Kier alpha value is -2.00. The van der Waals surface area contributed by atoms with Gasteiger partial charge >= 0.3 is 0 Å². The van der Waals surface area contributed by atoms with E-state index in [1.54, 1.807) is 19.2 Å². The smallest absolute Gasteiger partial charge is 0.123 e. The van der Waals surface area contributed by atoms with Crippen molar-refractivity contribution in [3.8, 4) is 11.5 Å². The summed E-state index contributed by atoms with van der Waals surface area (Å²) in [6, 6.07) is 16.0. The molecule has 2 rings (SSSR count). The first-order valence-electron chi connectivity index (χ1n) is 7.27. The number of para-hydroxylation sites is 1. The van der Waals surface area contributed by atoms with Gasteiger partial charge in [0.05, 0.1) is 7.11 Å². The summed E-state index contributed by atoms with van der Waals surface area (Å²) in [5.41, 5.74) is 2.37. The van der Waals surface area contributed by atoms with Gasteiger partial charge in [-0.1, -0.05) is 30.3 Å². The number of ether oxygens (including phenoxy) is 1. The zero-order valence-electron chi connectivity index (χ0n) is 12.8. The first-order valence-corrected chi connectivity index (χ1v) is 7.27. The summed E-state index contributed by atoms with van der Waals surface area (Å²) in [5.74, 6) is 1.22. The van der Waals surface area contributed by atoms with Gasteiger partial charge in [0.2, 0.25) is 0 Å². The molecule has 0 aliphatic heterocycles. The van der Waals surface area contributed by atoms with E-state index in [2.05, 4.69) is 25.2 Å². The second-order valence-electron chi connectivity index (χ2n) is 5.40. The van der Waals surface area contributed by atoms with Gasteiger partial charge in [0.25, 0.3) is 0 Å². The minimum Gasteiger partial charge on any atom is -0.508 e. The predicted molar refractivity (Wildman–Crippen MR) is 85.8 cm³/mol. The number of aromatic hydroxyl groups is 1. The maximum Gasteiger partial charge on any atom is 0.123 e. The Morgan fingerprint density at radius 1 is 1.05 bits per heavy atom. The van der Waals surface area contributed by atoms with Crippen LogP contribution in [0.1, 0.15) is 31.0 Å². The molecular formula is C18H23NO2. The molecule has 3 heteroatoms. The second-order valence-corrected chi connectivity index (χ2v) is 5.40. The average Bonchev–Trinajstić information content (AvgIpc) is 2.49. The molecule has 2 aromatic carbocycles. The molecule has 0 saturated heterocycles. The van der Waals surface area contributed by atoms with Gasteiger partial charge in [0.1, 0.15) is 11.5 Å². The molecule has 0 bridgehead atoms. The highest BCUT2D eigenvalue weighted by molar-refractivity contribution is 5.35. The monoisotopic (exact) mass is 285 g/mol. The molecule has 2 unspecified atom stereocenters. The van der Waals surface area contributed by atoms with E-state index in [4.69, 9.17) is 4.74 Å². The number of methoxy groups -OCH3 is 1. The van der Waals surface area contributed by atoms with Crippen molar-refractivity contribution in [2.24, 2.45) is 0 Å². The average molecular weight is 285 g/mol. The van der Waals surface area contributed by atoms with Crippen LogP contribution >= 0.6 is 0 Å². The van der Waals surface area contributed by atoms with Crippen LogP contribution in [0, 0.1) is 0 Å². The summed E-state index contributed by atoms with van der Waals surface area (Å²) in [5, 5.41) is 12.9. The molecule has 0 aliphatic rings. The minimum atomic E-state index is 0.216. The van der Waals surface area contributed by atoms with Gasteiger partial charge in [-0.2, -0.15) is 0 Å². The Kier molecular flexibility index (Phi) is 5.23. The van der Waals surface area contributed by atoms with E-state index < -0.39 is 0 Å². The SMILES string of the molecule is COc1ccccc1C(C)NC(C)Cc1ccc(O)cc1. The highest BCUT2D eigenvalue weighted by atomic mass is 16.5. The van der Waals surface area contributed by atoms with Crippen molar-refractivity contribution in [1.29, 1.82) is 0 Å². The second kappa shape index (κ2) is 7.14. The van der Waals surface area contributed by atoms with Gasteiger partial charge in [0.15, 0.2) is 0 Å². The standard InChI is InChI=1S/C18H23NO2/c1-13(12-15-8-10-16(20)11-9-15)19-14(2)17-6-4-5-7-18(17)21-3/h4-11,13-14,19-20H,12H2,1-3H3. The largest absolute Gasteiger partial charge is 0.508 e. The van der Waals surface area contributed by atoms with Crippen LogP contribution in [-0.2, 0) is 6.42 Å². The first-order chi connectivity index (χ1) is 10.1. The van der Waals surface area contributed by atoms with E-state index in [9.17, 15) is 5.11 Å². The lowest BCUT2D eigenvalue weighted by Crippen LogP contribution is -2.30. The number of benzene rings is 2. The van der Waals surface area contributed by atoms with Crippen molar-refractivity contribution in [3.63, 3.8) is 0 Å². The molecule has 2 atom stereocenters. The zero-order chi connectivity index (χ0) is 15.2. The maximum atomic E-state index is 9.31. The lowest BCUT2D eigenvalue weighted by Gasteiger charge is -2.22. The van der Waals surface area contributed by atoms with E-state index in [1.165, 1.54) is 5.56 Å². The molecule has 2 N–H and O–H groups in total. The lowest BCUT2D eigenvalue weighted by atomic mass is 10.0. The third kappa shape index (κ3) is 4.23. The van der Waals surface area contributed by atoms with Crippen molar-refractivity contribution < 1.29 is 9.84 Å². The van der Waals surface area contributed by atoms with E-state index in [0.717, 1.165) is 17.7 Å². The Balaban J connectivity index is 1.98. The van der Waals surface area contributed by atoms with Crippen molar-refractivity contribution >= 4 is 0 Å². The molecule has 0 radical (unpaired) electrons. The molecule has 0 aliphatic carbocycles. The summed E-state index contributed by atoms with van der Waals surface area (Å²) in [6.07, 6.45) is 0.916. The van der Waals surface area contributed by atoms with Crippen LogP contribution in [0.25, 0.3) is 0 Å². The Morgan fingerprint density at radius 3 is 2.38 bits per heavy atom. The summed E-state index contributed by atoms with van der Waals surface area (Å²) in [7, 11) is 1.70. The molecule has 0 spiro atoms. The van der Waals surface area contributed by atoms with Crippen LogP contribution in [0.4, 0.5) is 0 Å². The van der Waals surface area contributed by atoms with Crippen LogP contribution in [-0.4, -0.2) is 18.3 Å². The highest BCUT2D eigenvalue weighted by Gasteiger charge is 2.13. The number of phenolic OH excluding ortho intramolecular Hbond substituents is 1. The van der Waals surface area contributed by atoms with Crippen LogP contribution < -0.4 is 10.1 Å². The quantitative estimate of drug-likeness (QED) is 0.850. The number of rotatable bonds is 6. The van der Waals surface area contributed by atoms with E-state index >= 15 is 0 Å². The van der Waals surface area contributed by atoms with Crippen LogP contribution in [0.5, 0.6) is 11.5 Å². The topological polar surface area (TPSA) is 41.5 Å². The van der Waals surface area contributed by atoms with Gasteiger partial charge in [-0.05, 0) is 44.0 Å². The molecule has 21 heavy (non-hydrogen) atoms. The number of hydrogen-bond acceptors (Lipinski definition) is 3. The zero-order valence-corrected chi connectivity index (χ0v) is 12.8. The van der Waals surface area contributed by atoms with E-state index in [-0.39, 0.29) is 6.04 Å². The van der Waals surface area contributed by atoms with E-state index in [1.807, 2.05) is 30.3 Å². The van der Waals surface area contributed by atoms with Crippen LogP contribution in [0.15, 0.2) is 48.5 Å². The predicted octanol–water partition coefficient (Wildman–Crippen LogP) is 3.68. The Labute approximate surface area is 126 Å².